The second-order valence-corrected chi connectivity index (χ2v) is 6.52. The monoisotopic (exact) mass is 377 g/mol. The molecular weight excluding hydrogens is 350 g/mol. The van der Waals surface area contributed by atoms with Gasteiger partial charge in [-0.05, 0) is 38.8 Å². The van der Waals surface area contributed by atoms with E-state index in [0.717, 1.165) is 28.9 Å². The molecule has 1 atom stereocenters. The maximum atomic E-state index is 12.3. The molecule has 5 heteroatoms. The fourth-order valence-electron chi connectivity index (χ4n) is 2.80. The Balaban J connectivity index is 1.97. The van der Waals surface area contributed by atoms with E-state index in [1.54, 1.807) is 0 Å². The number of nitrogens with zero attached hydrogens (tertiary/aromatic N) is 1. The second-order valence-electron chi connectivity index (χ2n) is 6.52. The van der Waals surface area contributed by atoms with Gasteiger partial charge in [0.2, 0.25) is 0 Å². The van der Waals surface area contributed by atoms with Gasteiger partial charge in [0.1, 0.15) is 17.4 Å². The van der Waals surface area contributed by atoms with Gasteiger partial charge in [-0.1, -0.05) is 48.0 Å². The Morgan fingerprint density at radius 1 is 1.25 bits per heavy atom. The molecule has 0 saturated heterocycles. The number of nitrogens with one attached hydrogen (secondary N) is 2. The smallest absolute Gasteiger partial charge is 0.263 e. The molecule has 1 amide bonds. The summed E-state index contributed by atoms with van der Waals surface area (Å²) in [5, 5.41) is 15.3. The predicted octanol–water partition coefficient (Wildman–Crippen LogP) is 3.81. The van der Waals surface area contributed by atoms with Crippen LogP contribution < -0.4 is 15.4 Å². The Hall–Kier alpha value is -3.26. The standard InChI is InChI=1S/C23H27N3O2/c1-4-28-22-11-10-17(2)14-21(22)18(3)26-16-20(15-24)23(27)25-13-12-19-8-6-5-7-9-19/h5-11,14,16,18,26H,4,12-13H2,1-3H3,(H,25,27)/b20-16-. The molecule has 0 fully saturated rings. The van der Waals surface area contributed by atoms with E-state index in [2.05, 4.69) is 10.6 Å². The number of amides is 1. The van der Waals surface area contributed by atoms with Crippen LogP contribution in [0.5, 0.6) is 5.75 Å². The minimum absolute atomic E-state index is 0.0468. The average molecular weight is 377 g/mol. The van der Waals surface area contributed by atoms with Gasteiger partial charge in [0, 0.05) is 18.3 Å². The van der Waals surface area contributed by atoms with E-state index < -0.39 is 0 Å². The molecule has 0 spiro atoms. The summed E-state index contributed by atoms with van der Waals surface area (Å²) >= 11 is 0. The largest absolute Gasteiger partial charge is 0.494 e. The van der Waals surface area contributed by atoms with E-state index in [1.807, 2.05) is 75.4 Å². The first-order chi connectivity index (χ1) is 13.5. The quantitative estimate of drug-likeness (QED) is 0.515. The highest BCUT2D eigenvalue weighted by Crippen LogP contribution is 2.26. The number of benzene rings is 2. The first-order valence-corrected chi connectivity index (χ1v) is 9.47. The average Bonchev–Trinajstić information content (AvgIpc) is 2.70. The Bertz CT molecular complexity index is 854. The van der Waals surface area contributed by atoms with E-state index in [0.29, 0.717) is 13.2 Å². The van der Waals surface area contributed by atoms with Gasteiger partial charge < -0.3 is 15.4 Å². The number of ether oxygens (including phenoxy) is 1. The van der Waals surface area contributed by atoms with Crippen molar-refractivity contribution >= 4 is 5.91 Å². The molecule has 0 saturated carbocycles. The molecule has 0 aliphatic heterocycles. The molecule has 0 radical (unpaired) electrons. The molecule has 0 heterocycles. The fraction of sp³-hybridized carbons (Fsp3) is 0.304. The van der Waals surface area contributed by atoms with Crippen LogP contribution in [-0.2, 0) is 11.2 Å². The number of hydrogen-bond acceptors (Lipinski definition) is 4. The van der Waals surface area contributed by atoms with Gasteiger partial charge in [-0.3, -0.25) is 4.79 Å². The van der Waals surface area contributed by atoms with Crippen molar-refractivity contribution in [3.05, 3.63) is 77.0 Å². The van der Waals surface area contributed by atoms with E-state index >= 15 is 0 Å². The molecule has 2 aromatic rings. The lowest BCUT2D eigenvalue weighted by atomic mass is 10.0. The van der Waals surface area contributed by atoms with Crippen molar-refractivity contribution in [3.63, 3.8) is 0 Å². The second kappa shape index (κ2) is 10.8. The highest BCUT2D eigenvalue weighted by Gasteiger charge is 2.13. The third kappa shape index (κ3) is 6.17. The third-order valence-electron chi connectivity index (χ3n) is 4.32. The van der Waals surface area contributed by atoms with Crippen LogP contribution in [0.4, 0.5) is 0 Å². The molecule has 0 aliphatic carbocycles. The summed E-state index contributed by atoms with van der Waals surface area (Å²) in [6.45, 7) is 6.98. The molecule has 28 heavy (non-hydrogen) atoms. The lowest BCUT2D eigenvalue weighted by Crippen LogP contribution is -2.28. The van der Waals surface area contributed by atoms with Crippen molar-refractivity contribution in [1.82, 2.24) is 10.6 Å². The van der Waals surface area contributed by atoms with Gasteiger partial charge in [-0.2, -0.15) is 5.26 Å². The van der Waals surface area contributed by atoms with E-state index in [4.69, 9.17) is 4.74 Å². The molecule has 1 unspecified atom stereocenters. The van der Waals surface area contributed by atoms with Gasteiger partial charge in [0.25, 0.3) is 5.91 Å². The van der Waals surface area contributed by atoms with Gasteiger partial charge in [-0.25, -0.2) is 0 Å². The number of nitriles is 1. The highest BCUT2D eigenvalue weighted by atomic mass is 16.5. The van der Waals surface area contributed by atoms with Crippen LogP contribution in [0.3, 0.4) is 0 Å². The van der Waals surface area contributed by atoms with Gasteiger partial charge in [0.15, 0.2) is 0 Å². The fourth-order valence-corrected chi connectivity index (χ4v) is 2.80. The summed E-state index contributed by atoms with van der Waals surface area (Å²) < 4.78 is 5.68. The Morgan fingerprint density at radius 2 is 2.00 bits per heavy atom. The predicted molar refractivity (Wildman–Crippen MR) is 111 cm³/mol. The maximum absolute atomic E-state index is 12.3. The third-order valence-corrected chi connectivity index (χ3v) is 4.32. The highest BCUT2D eigenvalue weighted by molar-refractivity contribution is 5.97. The number of carbonyl (C=O) groups is 1. The van der Waals surface area contributed by atoms with Crippen LogP contribution >= 0.6 is 0 Å². The van der Waals surface area contributed by atoms with Crippen LogP contribution in [0.2, 0.25) is 0 Å². The van der Waals surface area contributed by atoms with E-state index in [9.17, 15) is 10.1 Å². The Morgan fingerprint density at radius 3 is 2.68 bits per heavy atom. The van der Waals surface area contributed by atoms with Crippen molar-refractivity contribution in [2.75, 3.05) is 13.2 Å². The molecule has 146 valence electrons. The molecule has 2 rings (SSSR count). The molecule has 5 nitrogen and oxygen atoms in total. The molecule has 2 N–H and O–H groups in total. The zero-order valence-electron chi connectivity index (χ0n) is 16.7. The summed E-state index contributed by atoms with van der Waals surface area (Å²) in [5.74, 6) is 0.416. The molecular formula is C23H27N3O2. The Labute approximate surface area is 167 Å². The minimum atomic E-state index is -0.382. The summed E-state index contributed by atoms with van der Waals surface area (Å²) in [7, 11) is 0. The number of aryl methyl sites for hydroxylation is 1. The first-order valence-electron chi connectivity index (χ1n) is 9.47. The van der Waals surface area contributed by atoms with Crippen molar-refractivity contribution < 1.29 is 9.53 Å². The SMILES string of the molecule is CCOc1ccc(C)cc1C(C)N/C=C(/C#N)C(=O)NCCc1ccccc1. The van der Waals surface area contributed by atoms with Crippen molar-refractivity contribution in [2.45, 2.75) is 33.2 Å². The zero-order valence-corrected chi connectivity index (χ0v) is 16.7. The van der Waals surface area contributed by atoms with Gasteiger partial charge in [0.05, 0.1) is 12.6 Å². The van der Waals surface area contributed by atoms with Gasteiger partial charge >= 0.3 is 0 Å². The number of carbonyl (C=O) groups excluding carboxylic acids is 1. The van der Waals surface area contributed by atoms with Gasteiger partial charge in [-0.15, -0.1) is 0 Å². The summed E-state index contributed by atoms with van der Waals surface area (Å²) in [6.07, 6.45) is 2.19. The summed E-state index contributed by atoms with van der Waals surface area (Å²) in [4.78, 5) is 12.3. The molecule has 0 bridgehead atoms. The Kier molecular flexibility index (Phi) is 8.11. The summed E-state index contributed by atoms with van der Waals surface area (Å²) in [5.41, 5.74) is 3.29. The summed E-state index contributed by atoms with van der Waals surface area (Å²) in [6, 6.07) is 17.7. The first kappa shape index (κ1) is 21.0. The van der Waals surface area contributed by atoms with Crippen LogP contribution in [0.15, 0.2) is 60.3 Å². The topological polar surface area (TPSA) is 74.1 Å². The lowest BCUT2D eigenvalue weighted by molar-refractivity contribution is -0.117. The van der Waals surface area contributed by atoms with Crippen LogP contribution in [0.25, 0.3) is 0 Å². The van der Waals surface area contributed by atoms with Crippen LogP contribution in [-0.4, -0.2) is 19.1 Å². The van der Waals surface area contributed by atoms with E-state index in [-0.39, 0.29) is 17.5 Å². The van der Waals surface area contributed by atoms with Crippen molar-refractivity contribution in [2.24, 2.45) is 0 Å². The zero-order chi connectivity index (χ0) is 20.4. The maximum Gasteiger partial charge on any atom is 0.263 e. The van der Waals surface area contributed by atoms with Crippen LogP contribution in [0, 0.1) is 18.3 Å². The van der Waals surface area contributed by atoms with Crippen molar-refractivity contribution in [3.8, 4) is 11.8 Å². The van der Waals surface area contributed by atoms with E-state index in [1.165, 1.54) is 6.20 Å². The minimum Gasteiger partial charge on any atom is -0.494 e. The lowest BCUT2D eigenvalue weighted by Gasteiger charge is -2.18. The number of rotatable bonds is 9. The van der Waals surface area contributed by atoms with Crippen molar-refractivity contribution in [1.29, 1.82) is 5.26 Å². The molecule has 2 aromatic carbocycles. The number of hydrogen-bond donors (Lipinski definition) is 2. The molecule has 0 aliphatic rings. The van der Waals surface area contributed by atoms with Crippen LogP contribution in [0.1, 0.15) is 36.6 Å². The molecule has 0 aromatic heterocycles. The normalized spacial score (nSPS) is 12.0.